The Morgan fingerprint density at radius 3 is 2.21 bits per heavy atom. The molecule has 0 saturated heterocycles. The van der Waals surface area contributed by atoms with E-state index in [4.69, 9.17) is 0 Å². The summed E-state index contributed by atoms with van der Waals surface area (Å²) in [5, 5.41) is 3.31. The molecule has 1 aromatic rings. The SMILES string of the molecule is CN(C)CCN(C)C(C)(C)CC(C)(C)c1nccs1. The minimum Gasteiger partial charge on any atom is -0.308 e. The molecule has 0 aliphatic heterocycles. The van der Waals surface area contributed by atoms with Crippen molar-refractivity contribution in [2.75, 3.05) is 34.2 Å². The summed E-state index contributed by atoms with van der Waals surface area (Å²) < 4.78 is 0. The van der Waals surface area contributed by atoms with Crippen molar-refractivity contribution in [3.8, 4) is 0 Å². The molecule has 0 unspecified atom stereocenters. The van der Waals surface area contributed by atoms with Gasteiger partial charge in [-0.25, -0.2) is 4.98 Å². The molecule has 3 nitrogen and oxygen atoms in total. The van der Waals surface area contributed by atoms with Gasteiger partial charge in [0.1, 0.15) is 0 Å². The van der Waals surface area contributed by atoms with Crippen LogP contribution in [-0.2, 0) is 5.41 Å². The van der Waals surface area contributed by atoms with Crippen LogP contribution in [0.2, 0.25) is 0 Å². The molecule has 0 aliphatic rings. The van der Waals surface area contributed by atoms with Crippen LogP contribution in [0.1, 0.15) is 39.1 Å². The highest BCUT2D eigenvalue weighted by molar-refractivity contribution is 7.09. The van der Waals surface area contributed by atoms with Gasteiger partial charge < -0.3 is 4.90 Å². The van der Waals surface area contributed by atoms with E-state index in [1.165, 1.54) is 5.01 Å². The largest absolute Gasteiger partial charge is 0.308 e. The second kappa shape index (κ2) is 6.33. The van der Waals surface area contributed by atoms with Crippen LogP contribution in [-0.4, -0.2) is 54.6 Å². The van der Waals surface area contributed by atoms with Crippen LogP contribution >= 0.6 is 11.3 Å². The Bertz CT molecular complexity index is 369. The fourth-order valence-electron chi connectivity index (χ4n) is 2.50. The Morgan fingerprint density at radius 1 is 1.11 bits per heavy atom. The predicted octanol–water partition coefficient (Wildman–Crippen LogP) is 3.08. The number of thiazole rings is 1. The summed E-state index contributed by atoms with van der Waals surface area (Å²) >= 11 is 1.76. The van der Waals surface area contributed by atoms with E-state index >= 15 is 0 Å². The highest BCUT2D eigenvalue weighted by Gasteiger charge is 2.34. The number of likely N-dealkylation sites (N-methyl/N-ethyl adjacent to an activating group) is 2. The van der Waals surface area contributed by atoms with Crippen LogP contribution in [0.4, 0.5) is 0 Å². The lowest BCUT2D eigenvalue weighted by molar-refractivity contribution is 0.111. The van der Waals surface area contributed by atoms with Gasteiger partial charge in [0.15, 0.2) is 0 Å². The van der Waals surface area contributed by atoms with E-state index in [-0.39, 0.29) is 11.0 Å². The van der Waals surface area contributed by atoms with Gasteiger partial charge in [0.25, 0.3) is 0 Å². The lowest BCUT2D eigenvalue weighted by atomic mass is 9.79. The molecule has 0 bridgehead atoms. The lowest BCUT2D eigenvalue weighted by Crippen LogP contribution is -2.47. The number of hydrogen-bond donors (Lipinski definition) is 0. The molecule has 0 radical (unpaired) electrons. The molecule has 0 saturated carbocycles. The maximum Gasteiger partial charge on any atom is 0.0981 e. The van der Waals surface area contributed by atoms with Gasteiger partial charge in [0, 0.05) is 35.6 Å². The number of aromatic nitrogens is 1. The molecule has 1 rings (SSSR count). The molecule has 0 atom stereocenters. The van der Waals surface area contributed by atoms with Crippen molar-refractivity contribution in [2.45, 2.75) is 45.1 Å². The molecule has 19 heavy (non-hydrogen) atoms. The zero-order valence-electron chi connectivity index (χ0n) is 13.5. The molecular weight excluding hydrogens is 254 g/mol. The molecule has 1 heterocycles. The third-order valence-electron chi connectivity index (χ3n) is 3.80. The van der Waals surface area contributed by atoms with Gasteiger partial charge in [0.2, 0.25) is 0 Å². The van der Waals surface area contributed by atoms with E-state index in [0.29, 0.717) is 0 Å². The van der Waals surface area contributed by atoms with E-state index in [9.17, 15) is 0 Å². The predicted molar refractivity (Wildman–Crippen MR) is 85.0 cm³/mol. The highest BCUT2D eigenvalue weighted by Crippen LogP contribution is 2.35. The molecule has 0 N–H and O–H groups in total. The van der Waals surface area contributed by atoms with Gasteiger partial charge in [-0.15, -0.1) is 11.3 Å². The third kappa shape index (κ3) is 4.86. The summed E-state index contributed by atoms with van der Waals surface area (Å²) in [6.45, 7) is 11.4. The first-order chi connectivity index (χ1) is 8.65. The Morgan fingerprint density at radius 2 is 1.74 bits per heavy atom. The molecule has 4 heteroatoms. The van der Waals surface area contributed by atoms with Crippen LogP contribution < -0.4 is 0 Å². The average molecular weight is 283 g/mol. The van der Waals surface area contributed by atoms with Gasteiger partial charge in [-0.1, -0.05) is 13.8 Å². The second-order valence-corrected chi connectivity index (χ2v) is 7.83. The first-order valence-electron chi connectivity index (χ1n) is 6.91. The first-order valence-corrected chi connectivity index (χ1v) is 7.79. The van der Waals surface area contributed by atoms with Gasteiger partial charge in [-0.3, -0.25) is 4.90 Å². The van der Waals surface area contributed by atoms with Crippen molar-refractivity contribution in [2.24, 2.45) is 0 Å². The summed E-state index contributed by atoms with van der Waals surface area (Å²) in [5.74, 6) is 0. The van der Waals surface area contributed by atoms with Crippen molar-refractivity contribution < 1.29 is 0 Å². The van der Waals surface area contributed by atoms with Gasteiger partial charge >= 0.3 is 0 Å². The quantitative estimate of drug-likeness (QED) is 0.766. The summed E-state index contributed by atoms with van der Waals surface area (Å²) in [6, 6.07) is 0. The van der Waals surface area contributed by atoms with Crippen LogP contribution in [0.5, 0.6) is 0 Å². The molecule has 0 fully saturated rings. The van der Waals surface area contributed by atoms with E-state index in [0.717, 1.165) is 19.5 Å². The smallest absolute Gasteiger partial charge is 0.0981 e. The molecule has 0 aromatic carbocycles. The van der Waals surface area contributed by atoms with Gasteiger partial charge in [0.05, 0.1) is 5.01 Å². The summed E-state index contributed by atoms with van der Waals surface area (Å²) in [5.41, 5.74) is 0.301. The van der Waals surface area contributed by atoms with Crippen LogP contribution in [0.3, 0.4) is 0 Å². The summed E-state index contributed by atoms with van der Waals surface area (Å²) in [4.78, 5) is 9.19. The van der Waals surface area contributed by atoms with E-state index in [1.54, 1.807) is 11.3 Å². The zero-order valence-corrected chi connectivity index (χ0v) is 14.3. The maximum absolute atomic E-state index is 4.50. The van der Waals surface area contributed by atoms with Crippen molar-refractivity contribution in [3.63, 3.8) is 0 Å². The molecule has 0 spiro atoms. The lowest BCUT2D eigenvalue weighted by Gasteiger charge is -2.41. The summed E-state index contributed by atoms with van der Waals surface area (Å²) in [6.07, 6.45) is 3.02. The first kappa shape index (κ1) is 16.6. The average Bonchev–Trinajstić information content (AvgIpc) is 2.78. The standard InChI is InChI=1S/C15H29N3S/c1-14(2,13-16-8-11-19-13)12-15(3,4)18(7)10-9-17(5)6/h8,11H,9-10,12H2,1-7H3. The van der Waals surface area contributed by atoms with Crippen LogP contribution in [0, 0.1) is 0 Å². The van der Waals surface area contributed by atoms with Gasteiger partial charge in [-0.2, -0.15) is 0 Å². The fourth-order valence-corrected chi connectivity index (χ4v) is 3.27. The minimum absolute atomic E-state index is 0.129. The third-order valence-corrected chi connectivity index (χ3v) is 4.94. The van der Waals surface area contributed by atoms with Crippen LogP contribution in [0.15, 0.2) is 11.6 Å². The second-order valence-electron chi connectivity index (χ2n) is 6.94. The Labute approximate surface area is 122 Å². The zero-order chi connectivity index (χ0) is 14.7. The maximum atomic E-state index is 4.50. The van der Waals surface area contributed by atoms with Crippen molar-refractivity contribution in [1.29, 1.82) is 0 Å². The molecule has 1 aromatic heterocycles. The number of rotatable bonds is 7. The molecule has 0 aliphatic carbocycles. The van der Waals surface area contributed by atoms with Crippen LogP contribution in [0.25, 0.3) is 0 Å². The van der Waals surface area contributed by atoms with Crippen molar-refractivity contribution in [1.82, 2.24) is 14.8 Å². The number of hydrogen-bond acceptors (Lipinski definition) is 4. The van der Waals surface area contributed by atoms with Crippen molar-refractivity contribution >= 4 is 11.3 Å². The van der Waals surface area contributed by atoms with E-state index in [2.05, 4.69) is 69.0 Å². The van der Waals surface area contributed by atoms with Gasteiger partial charge in [-0.05, 0) is 41.4 Å². The van der Waals surface area contributed by atoms with E-state index in [1.807, 2.05) is 6.20 Å². The Balaban J connectivity index is 2.67. The Kier molecular flexibility index (Phi) is 5.53. The normalized spacial score (nSPS) is 13.5. The topological polar surface area (TPSA) is 19.4 Å². The monoisotopic (exact) mass is 283 g/mol. The van der Waals surface area contributed by atoms with E-state index < -0.39 is 0 Å². The highest BCUT2D eigenvalue weighted by atomic mass is 32.1. The molecular formula is C15H29N3S. The Hall–Kier alpha value is -0.450. The molecule has 0 amide bonds. The number of nitrogens with zero attached hydrogens (tertiary/aromatic N) is 3. The van der Waals surface area contributed by atoms with Crippen molar-refractivity contribution in [3.05, 3.63) is 16.6 Å². The fraction of sp³-hybridized carbons (Fsp3) is 0.800. The minimum atomic E-state index is 0.129. The summed E-state index contributed by atoms with van der Waals surface area (Å²) in [7, 11) is 6.47. The molecule has 110 valence electrons.